The normalized spacial score (nSPS) is 11.9. The fraction of sp³-hybridized carbons (Fsp3) is 0.0667. The van der Waals surface area contributed by atoms with Crippen LogP contribution in [0.3, 0.4) is 0 Å². The van der Waals surface area contributed by atoms with Gasteiger partial charge in [0.25, 0.3) is 0 Å². The molecule has 0 unspecified atom stereocenters. The number of hydrogen-bond acceptors (Lipinski definition) is 1. The van der Waals surface area contributed by atoms with Gasteiger partial charge in [-0.05, 0) is 146 Å². The maximum atomic E-state index is 2.46. The van der Waals surface area contributed by atoms with Gasteiger partial charge in [0, 0.05) is 25.7 Å². The first kappa shape index (κ1) is 35.8. The standard InChI is InChI=1S/C60H42S/c1-35-12-20-39(21-13-35)43-28-31-54-51(32-43)53-34-44(40-22-14-36(2)15-23-40)33-52(60(53)61-54)45-29-30-50-57-46(45)10-7-11-49(57)58-55(41-24-16-37(3)17-25-41)47-8-5-6-9-48(47)56(59(50)58)42-26-18-38(4)19-27-42/h5-34H,1-4H3. The summed E-state index contributed by atoms with van der Waals surface area (Å²) in [6.45, 7) is 8.67. The van der Waals surface area contributed by atoms with Crippen molar-refractivity contribution in [3.05, 3.63) is 204 Å². The highest BCUT2D eigenvalue weighted by Crippen LogP contribution is 2.59. The average Bonchev–Trinajstić information content (AvgIpc) is 3.83. The Morgan fingerprint density at radius 2 is 0.738 bits per heavy atom. The van der Waals surface area contributed by atoms with Crippen LogP contribution in [-0.4, -0.2) is 0 Å². The largest absolute Gasteiger partial charge is 0.135 e. The molecule has 0 atom stereocenters. The number of benzene rings is 10. The molecule has 1 aliphatic carbocycles. The van der Waals surface area contributed by atoms with Gasteiger partial charge in [0.05, 0.1) is 0 Å². The van der Waals surface area contributed by atoms with E-state index in [-0.39, 0.29) is 0 Å². The van der Waals surface area contributed by atoms with E-state index >= 15 is 0 Å². The molecule has 0 saturated carbocycles. The summed E-state index contributed by atoms with van der Waals surface area (Å²) in [6.07, 6.45) is 0. The van der Waals surface area contributed by atoms with E-state index in [1.54, 1.807) is 0 Å². The number of fused-ring (bicyclic) bond motifs is 7. The Kier molecular flexibility index (Phi) is 8.08. The summed E-state index contributed by atoms with van der Waals surface area (Å²) in [4.78, 5) is 0. The topological polar surface area (TPSA) is 0 Å². The molecule has 288 valence electrons. The molecule has 1 heterocycles. The summed E-state index contributed by atoms with van der Waals surface area (Å²) in [5.41, 5.74) is 23.0. The molecule has 0 N–H and O–H groups in total. The van der Waals surface area contributed by atoms with Crippen molar-refractivity contribution in [3.63, 3.8) is 0 Å². The van der Waals surface area contributed by atoms with E-state index in [4.69, 9.17) is 0 Å². The third-order valence-corrected chi connectivity index (χ3v) is 14.3. The first-order valence-electron chi connectivity index (χ1n) is 21.3. The fourth-order valence-corrected chi connectivity index (χ4v) is 11.2. The molecule has 0 saturated heterocycles. The lowest BCUT2D eigenvalue weighted by Crippen LogP contribution is -1.93. The number of rotatable bonds is 5. The fourth-order valence-electron chi connectivity index (χ4n) is 9.99. The first-order valence-corrected chi connectivity index (χ1v) is 22.1. The van der Waals surface area contributed by atoms with Gasteiger partial charge in [-0.15, -0.1) is 11.3 Å². The molecule has 1 aliphatic rings. The molecule has 0 fully saturated rings. The summed E-state index contributed by atoms with van der Waals surface area (Å²) in [5.74, 6) is 0. The van der Waals surface area contributed by atoms with E-state index in [9.17, 15) is 0 Å². The highest BCUT2D eigenvalue weighted by molar-refractivity contribution is 7.26. The van der Waals surface area contributed by atoms with Gasteiger partial charge >= 0.3 is 0 Å². The molecule has 0 nitrogen and oxygen atoms in total. The van der Waals surface area contributed by atoms with E-state index in [0.29, 0.717) is 0 Å². The maximum absolute atomic E-state index is 2.46. The minimum Gasteiger partial charge on any atom is -0.135 e. The Morgan fingerprint density at radius 1 is 0.279 bits per heavy atom. The van der Waals surface area contributed by atoms with Crippen molar-refractivity contribution in [2.45, 2.75) is 27.7 Å². The molecule has 0 aliphatic heterocycles. The summed E-state index contributed by atoms with van der Waals surface area (Å²) in [5, 5.41) is 7.82. The lowest BCUT2D eigenvalue weighted by Gasteiger charge is -2.20. The van der Waals surface area contributed by atoms with Crippen molar-refractivity contribution in [2.75, 3.05) is 0 Å². The van der Waals surface area contributed by atoms with Crippen LogP contribution in [0.15, 0.2) is 182 Å². The van der Waals surface area contributed by atoms with Crippen molar-refractivity contribution in [2.24, 2.45) is 0 Å². The molecule has 1 heteroatoms. The van der Waals surface area contributed by atoms with Gasteiger partial charge in [0.1, 0.15) is 0 Å². The number of hydrogen-bond donors (Lipinski definition) is 0. The predicted octanol–water partition coefficient (Wildman–Crippen LogP) is 17.6. The SMILES string of the molecule is Cc1ccc(-c2ccc3sc4c(-c5ccc6c7c(cccc57)-c5c-6c(-c6ccc(C)cc6)c6ccccc6c5-c5ccc(C)cc5)cc(-c5ccc(C)cc5)cc4c3c2)cc1. The minimum absolute atomic E-state index is 1.23. The van der Waals surface area contributed by atoms with Crippen molar-refractivity contribution in [1.29, 1.82) is 0 Å². The number of aryl methyl sites for hydroxylation is 4. The second kappa shape index (κ2) is 13.7. The summed E-state index contributed by atoms with van der Waals surface area (Å²) in [7, 11) is 0. The highest BCUT2D eigenvalue weighted by Gasteiger charge is 2.31. The molecule has 10 aromatic carbocycles. The van der Waals surface area contributed by atoms with E-state index in [1.165, 1.54) is 142 Å². The number of thiophene rings is 1. The molecule has 12 rings (SSSR count). The van der Waals surface area contributed by atoms with E-state index in [1.807, 2.05) is 11.3 Å². The van der Waals surface area contributed by atoms with Gasteiger partial charge in [-0.25, -0.2) is 0 Å². The molecule has 61 heavy (non-hydrogen) atoms. The van der Waals surface area contributed by atoms with Gasteiger partial charge in [-0.3, -0.25) is 0 Å². The Morgan fingerprint density at radius 3 is 1.31 bits per heavy atom. The Hall–Kier alpha value is -7.06. The van der Waals surface area contributed by atoms with Crippen molar-refractivity contribution >= 4 is 53.1 Å². The van der Waals surface area contributed by atoms with Crippen LogP contribution < -0.4 is 0 Å². The second-order valence-electron chi connectivity index (χ2n) is 17.1. The Balaban J connectivity index is 1.17. The van der Waals surface area contributed by atoms with E-state index < -0.39 is 0 Å². The first-order chi connectivity index (χ1) is 29.9. The lowest BCUT2D eigenvalue weighted by molar-refractivity contribution is 1.47. The predicted molar refractivity (Wildman–Crippen MR) is 265 cm³/mol. The summed E-state index contributed by atoms with van der Waals surface area (Å²) in [6, 6.07) is 69.1. The van der Waals surface area contributed by atoms with Gasteiger partial charge in [0.15, 0.2) is 0 Å². The molecular formula is C60H42S. The van der Waals surface area contributed by atoms with Crippen LogP contribution >= 0.6 is 11.3 Å². The molecule has 0 radical (unpaired) electrons. The quantitative estimate of drug-likeness (QED) is 0.163. The van der Waals surface area contributed by atoms with Gasteiger partial charge in [-0.2, -0.15) is 0 Å². The summed E-state index contributed by atoms with van der Waals surface area (Å²) < 4.78 is 2.64. The van der Waals surface area contributed by atoms with Crippen LogP contribution in [0.1, 0.15) is 22.3 Å². The molecule has 0 spiro atoms. The second-order valence-corrected chi connectivity index (χ2v) is 18.2. The Bertz CT molecular complexity index is 3470. The molecular weight excluding hydrogens is 753 g/mol. The van der Waals surface area contributed by atoms with E-state index in [2.05, 4.69) is 210 Å². The monoisotopic (exact) mass is 794 g/mol. The molecule has 1 aromatic heterocycles. The highest BCUT2D eigenvalue weighted by atomic mass is 32.1. The zero-order chi connectivity index (χ0) is 40.9. The van der Waals surface area contributed by atoms with Crippen LogP contribution in [0, 0.1) is 27.7 Å². The maximum Gasteiger partial charge on any atom is 0.0434 e. The third kappa shape index (κ3) is 5.65. The average molecular weight is 795 g/mol. The zero-order valence-corrected chi connectivity index (χ0v) is 35.5. The zero-order valence-electron chi connectivity index (χ0n) is 34.7. The van der Waals surface area contributed by atoms with Gasteiger partial charge in [-0.1, -0.05) is 180 Å². The smallest absolute Gasteiger partial charge is 0.0434 e. The van der Waals surface area contributed by atoms with Crippen molar-refractivity contribution < 1.29 is 0 Å². The van der Waals surface area contributed by atoms with Crippen LogP contribution in [0.2, 0.25) is 0 Å². The third-order valence-electron chi connectivity index (χ3n) is 13.1. The van der Waals surface area contributed by atoms with Crippen molar-refractivity contribution in [1.82, 2.24) is 0 Å². The molecule has 0 amide bonds. The minimum atomic E-state index is 1.23. The van der Waals surface area contributed by atoms with Crippen molar-refractivity contribution in [3.8, 4) is 77.9 Å². The lowest BCUT2D eigenvalue weighted by atomic mass is 9.82. The van der Waals surface area contributed by atoms with Gasteiger partial charge < -0.3 is 0 Å². The molecule has 11 aromatic rings. The summed E-state index contributed by atoms with van der Waals surface area (Å²) >= 11 is 1.92. The van der Waals surface area contributed by atoms with Crippen LogP contribution in [0.4, 0.5) is 0 Å². The van der Waals surface area contributed by atoms with Crippen LogP contribution in [-0.2, 0) is 0 Å². The Labute approximate surface area is 361 Å². The van der Waals surface area contributed by atoms with Crippen LogP contribution in [0.5, 0.6) is 0 Å². The molecule has 0 bridgehead atoms. The van der Waals surface area contributed by atoms with Gasteiger partial charge in [0.2, 0.25) is 0 Å². The van der Waals surface area contributed by atoms with Crippen LogP contribution in [0.25, 0.3) is 120 Å². The van der Waals surface area contributed by atoms with E-state index in [0.717, 1.165) is 0 Å².